The quantitative estimate of drug-likeness (QED) is 0.736. The van der Waals surface area contributed by atoms with Crippen molar-refractivity contribution in [3.8, 4) is 5.75 Å². The van der Waals surface area contributed by atoms with Crippen LogP contribution >= 0.6 is 11.5 Å². The van der Waals surface area contributed by atoms with Crippen LogP contribution in [0.4, 0.5) is 0 Å². The molecule has 2 heterocycles. The third kappa shape index (κ3) is 4.61. The van der Waals surface area contributed by atoms with Gasteiger partial charge in [0, 0.05) is 13.1 Å². The van der Waals surface area contributed by atoms with Gasteiger partial charge in [-0.3, -0.25) is 4.79 Å². The van der Waals surface area contributed by atoms with Gasteiger partial charge in [-0.25, -0.2) is 0 Å². The molecule has 1 fully saturated rings. The number of benzene rings is 1. The number of rotatable bonds is 7. The zero-order valence-electron chi connectivity index (χ0n) is 15.6. The first-order valence-corrected chi connectivity index (χ1v) is 10.3. The molecular weight excluding hydrogens is 346 g/mol. The molecule has 26 heavy (non-hydrogen) atoms. The Kier molecular flexibility index (Phi) is 6.61. The first kappa shape index (κ1) is 18.8. The molecule has 2 aromatic rings. The number of carbonyl (C=O) groups excluding carboxylic acids is 1. The normalized spacial score (nSPS) is 15.2. The summed E-state index contributed by atoms with van der Waals surface area (Å²) in [5, 5.41) is 4.06. The lowest BCUT2D eigenvalue weighted by molar-refractivity contribution is 0.0690. The Bertz CT molecular complexity index is 706. The predicted molar refractivity (Wildman–Crippen MR) is 104 cm³/mol. The van der Waals surface area contributed by atoms with Crippen molar-refractivity contribution in [1.29, 1.82) is 0 Å². The molecule has 5 nitrogen and oxygen atoms in total. The molecule has 0 aliphatic carbocycles. The second kappa shape index (κ2) is 9.12. The van der Waals surface area contributed by atoms with Crippen LogP contribution in [0, 0.1) is 5.92 Å². The first-order valence-electron chi connectivity index (χ1n) is 9.53. The van der Waals surface area contributed by atoms with Crippen molar-refractivity contribution in [1.82, 2.24) is 14.5 Å². The molecule has 1 amide bonds. The van der Waals surface area contributed by atoms with E-state index in [-0.39, 0.29) is 5.91 Å². The summed E-state index contributed by atoms with van der Waals surface area (Å²) in [6.07, 6.45) is 5.19. The topological polar surface area (TPSA) is 55.3 Å². The van der Waals surface area contributed by atoms with Gasteiger partial charge in [0.15, 0.2) is 0 Å². The number of ether oxygens (including phenoxy) is 1. The molecule has 0 bridgehead atoms. The number of nitrogens with zero attached hydrogens (tertiary/aromatic N) is 3. The minimum atomic E-state index is 0.113. The molecule has 1 aliphatic heterocycles. The van der Waals surface area contributed by atoms with Crippen LogP contribution < -0.4 is 4.74 Å². The number of amides is 1. The van der Waals surface area contributed by atoms with Gasteiger partial charge in [0.05, 0.1) is 12.3 Å². The molecule has 0 saturated carbocycles. The summed E-state index contributed by atoms with van der Waals surface area (Å²) in [5.41, 5.74) is 2.19. The highest BCUT2D eigenvalue weighted by Crippen LogP contribution is 2.25. The maximum atomic E-state index is 12.7. The molecule has 0 unspecified atom stereocenters. The third-order valence-electron chi connectivity index (χ3n) is 5.06. The van der Waals surface area contributed by atoms with E-state index in [0.717, 1.165) is 55.1 Å². The number of carbonyl (C=O) groups is 1. The molecule has 1 saturated heterocycles. The van der Waals surface area contributed by atoms with Gasteiger partial charge in [-0.15, -0.1) is 5.10 Å². The lowest BCUT2D eigenvalue weighted by Crippen LogP contribution is -2.38. The van der Waals surface area contributed by atoms with E-state index in [4.69, 9.17) is 4.74 Å². The number of hydrogen-bond acceptors (Lipinski definition) is 5. The Morgan fingerprint density at radius 1 is 1.23 bits per heavy atom. The molecule has 1 aliphatic rings. The summed E-state index contributed by atoms with van der Waals surface area (Å²) in [5.74, 6) is 1.74. The van der Waals surface area contributed by atoms with Crippen LogP contribution in [0.25, 0.3) is 0 Å². The second-order valence-electron chi connectivity index (χ2n) is 6.75. The third-order valence-corrected chi connectivity index (χ3v) is 5.82. The largest absolute Gasteiger partial charge is 0.494 e. The van der Waals surface area contributed by atoms with Gasteiger partial charge in [0.1, 0.15) is 10.6 Å². The average Bonchev–Trinajstić information content (AvgIpc) is 3.16. The van der Waals surface area contributed by atoms with Crippen molar-refractivity contribution in [3.63, 3.8) is 0 Å². The van der Waals surface area contributed by atoms with Gasteiger partial charge >= 0.3 is 0 Å². The summed E-state index contributed by atoms with van der Waals surface area (Å²) >= 11 is 1.23. The van der Waals surface area contributed by atoms with Crippen molar-refractivity contribution in [3.05, 3.63) is 40.4 Å². The summed E-state index contributed by atoms with van der Waals surface area (Å²) in [6, 6.07) is 8.42. The van der Waals surface area contributed by atoms with Crippen LogP contribution in [0.1, 0.15) is 54.0 Å². The number of likely N-dealkylation sites (tertiary alicyclic amines) is 1. The van der Waals surface area contributed by atoms with Gasteiger partial charge in [0.25, 0.3) is 5.91 Å². The van der Waals surface area contributed by atoms with E-state index >= 15 is 0 Å². The van der Waals surface area contributed by atoms with Crippen LogP contribution in [0.2, 0.25) is 0 Å². The van der Waals surface area contributed by atoms with Crippen molar-refractivity contribution in [2.45, 2.75) is 46.0 Å². The molecule has 1 aromatic carbocycles. The SMILES string of the molecule is CCOc1ccc(CCC2CCN(C(=O)c3snnc3CC)CC2)cc1. The van der Waals surface area contributed by atoms with Crippen LogP contribution in [-0.4, -0.2) is 40.1 Å². The zero-order valence-corrected chi connectivity index (χ0v) is 16.4. The first-order chi connectivity index (χ1) is 12.7. The molecule has 0 N–H and O–H groups in total. The van der Waals surface area contributed by atoms with E-state index in [9.17, 15) is 4.79 Å². The molecule has 0 radical (unpaired) electrons. The maximum Gasteiger partial charge on any atom is 0.267 e. The van der Waals surface area contributed by atoms with E-state index in [0.29, 0.717) is 12.5 Å². The summed E-state index contributed by atoms with van der Waals surface area (Å²) < 4.78 is 9.43. The molecule has 140 valence electrons. The highest BCUT2D eigenvalue weighted by atomic mass is 32.1. The van der Waals surface area contributed by atoms with Crippen molar-refractivity contribution in [2.75, 3.05) is 19.7 Å². The fourth-order valence-corrected chi connectivity index (χ4v) is 4.18. The van der Waals surface area contributed by atoms with E-state index < -0.39 is 0 Å². The summed E-state index contributed by atoms with van der Waals surface area (Å²) in [4.78, 5) is 15.4. The standard InChI is InChI=1S/C20H27N3O2S/c1-3-18-19(26-22-21-18)20(24)23-13-11-16(12-14-23)6-5-15-7-9-17(10-8-15)25-4-2/h7-10,16H,3-6,11-14H2,1-2H3. The summed E-state index contributed by atoms with van der Waals surface area (Å²) in [7, 11) is 0. The van der Waals surface area contributed by atoms with Crippen LogP contribution in [0.3, 0.4) is 0 Å². The van der Waals surface area contributed by atoms with Gasteiger partial charge < -0.3 is 9.64 Å². The number of hydrogen-bond donors (Lipinski definition) is 0. The minimum absolute atomic E-state index is 0.113. The van der Waals surface area contributed by atoms with Gasteiger partial charge in [0.2, 0.25) is 0 Å². The van der Waals surface area contributed by atoms with Crippen LogP contribution in [-0.2, 0) is 12.8 Å². The van der Waals surface area contributed by atoms with Gasteiger partial charge in [-0.05, 0) is 74.2 Å². The Hall–Kier alpha value is -1.95. The molecule has 6 heteroatoms. The Labute approximate surface area is 159 Å². The number of aromatic nitrogens is 2. The number of aryl methyl sites for hydroxylation is 2. The average molecular weight is 374 g/mol. The van der Waals surface area contributed by atoms with Crippen LogP contribution in [0.5, 0.6) is 5.75 Å². The number of piperidine rings is 1. The molecule has 0 atom stereocenters. The Morgan fingerprint density at radius 3 is 2.62 bits per heavy atom. The van der Waals surface area contributed by atoms with Gasteiger partial charge in [-0.2, -0.15) is 0 Å². The lowest BCUT2D eigenvalue weighted by Gasteiger charge is -2.31. The molecule has 1 aromatic heterocycles. The van der Waals surface area contributed by atoms with Gasteiger partial charge in [-0.1, -0.05) is 23.5 Å². The van der Waals surface area contributed by atoms with E-state index in [1.807, 2.05) is 18.7 Å². The van der Waals surface area contributed by atoms with Crippen LogP contribution in [0.15, 0.2) is 24.3 Å². The fourth-order valence-electron chi connectivity index (χ4n) is 3.46. The van der Waals surface area contributed by atoms with E-state index in [2.05, 4.69) is 33.9 Å². The van der Waals surface area contributed by atoms with Crippen molar-refractivity contribution < 1.29 is 9.53 Å². The summed E-state index contributed by atoms with van der Waals surface area (Å²) in [6.45, 7) is 6.40. The molecule has 3 rings (SSSR count). The zero-order chi connectivity index (χ0) is 18.4. The maximum absolute atomic E-state index is 12.7. The predicted octanol–water partition coefficient (Wildman–Crippen LogP) is 3.98. The monoisotopic (exact) mass is 373 g/mol. The molecule has 0 spiro atoms. The highest BCUT2D eigenvalue weighted by molar-refractivity contribution is 7.08. The highest BCUT2D eigenvalue weighted by Gasteiger charge is 2.26. The lowest BCUT2D eigenvalue weighted by atomic mass is 9.90. The van der Waals surface area contributed by atoms with E-state index in [1.54, 1.807) is 0 Å². The fraction of sp³-hybridized carbons (Fsp3) is 0.550. The van der Waals surface area contributed by atoms with E-state index in [1.165, 1.54) is 23.5 Å². The Balaban J connectivity index is 1.45. The van der Waals surface area contributed by atoms with Crippen molar-refractivity contribution >= 4 is 17.4 Å². The second-order valence-corrected chi connectivity index (χ2v) is 7.51. The Morgan fingerprint density at radius 2 is 1.96 bits per heavy atom. The smallest absolute Gasteiger partial charge is 0.267 e. The van der Waals surface area contributed by atoms with Crippen molar-refractivity contribution in [2.24, 2.45) is 5.92 Å². The molecular formula is C20H27N3O2S. The minimum Gasteiger partial charge on any atom is -0.494 e.